The minimum Gasteiger partial charge on any atom is -0.497 e. The zero-order chi connectivity index (χ0) is 17.8. The smallest absolute Gasteiger partial charge is 0.133 e. The standard InChI is InChI=1S/C22H26O3/c1-13(23)19-7-8-20-17-12-21(25-4)18-11-14(24-3)5-6-15(18)16(17)9-10-22(19,20)2/h5-6,11-12,19-20H,7-10H2,1-4H3/t19-,20-,22-/m1/s1. The van der Waals surface area contributed by atoms with Crippen molar-refractivity contribution in [3.63, 3.8) is 0 Å². The summed E-state index contributed by atoms with van der Waals surface area (Å²) in [5, 5.41) is 2.38. The molecular formula is C22H26O3. The van der Waals surface area contributed by atoms with Crippen molar-refractivity contribution in [2.45, 2.75) is 45.4 Å². The van der Waals surface area contributed by atoms with Crippen LogP contribution in [0.15, 0.2) is 24.3 Å². The molecule has 4 rings (SSSR count). The van der Waals surface area contributed by atoms with Gasteiger partial charge in [0, 0.05) is 11.3 Å². The van der Waals surface area contributed by atoms with Gasteiger partial charge in [-0.2, -0.15) is 0 Å². The van der Waals surface area contributed by atoms with Crippen LogP contribution in [-0.2, 0) is 11.2 Å². The van der Waals surface area contributed by atoms with E-state index in [4.69, 9.17) is 9.47 Å². The number of rotatable bonds is 3. The van der Waals surface area contributed by atoms with E-state index in [-0.39, 0.29) is 11.3 Å². The van der Waals surface area contributed by atoms with E-state index in [0.29, 0.717) is 11.7 Å². The number of Topliss-reactive ketones (excluding diaryl/α,β-unsaturated/α-hetero) is 1. The number of ketones is 1. The quantitative estimate of drug-likeness (QED) is 0.799. The second-order valence-electron chi connectivity index (χ2n) is 7.86. The SMILES string of the molecule is COc1ccc2c3c(cc(OC)c2c1)[C@H]1CC[C@H](C(C)=O)[C@@]1(C)CC3. The first-order chi connectivity index (χ1) is 12.0. The number of carbonyl (C=O) groups excluding carboxylic acids is 1. The monoisotopic (exact) mass is 338 g/mol. The molecule has 0 saturated heterocycles. The topological polar surface area (TPSA) is 35.5 Å². The van der Waals surface area contributed by atoms with Crippen LogP contribution in [-0.4, -0.2) is 20.0 Å². The first-order valence-electron chi connectivity index (χ1n) is 9.17. The number of aryl methyl sites for hydroxylation is 1. The normalized spacial score (nSPS) is 27.7. The third-order valence-electron chi connectivity index (χ3n) is 6.79. The van der Waals surface area contributed by atoms with Crippen LogP contribution in [0.1, 0.15) is 50.2 Å². The summed E-state index contributed by atoms with van der Waals surface area (Å²) in [6.07, 6.45) is 4.22. The molecule has 2 aromatic rings. The summed E-state index contributed by atoms with van der Waals surface area (Å²) >= 11 is 0. The molecule has 0 heterocycles. The predicted molar refractivity (Wildman–Crippen MR) is 99.6 cm³/mol. The highest BCUT2D eigenvalue weighted by Crippen LogP contribution is 2.60. The summed E-state index contributed by atoms with van der Waals surface area (Å²) in [6, 6.07) is 8.48. The molecule has 3 nitrogen and oxygen atoms in total. The number of hydrogen-bond donors (Lipinski definition) is 0. The predicted octanol–water partition coefficient (Wildman–Crippen LogP) is 4.89. The fourth-order valence-electron chi connectivity index (χ4n) is 5.49. The van der Waals surface area contributed by atoms with Crippen LogP contribution in [0.3, 0.4) is 0 Å². The highest BCUT2D eigenvalue weighted by atomic mass is 16.5. The van der Waals surface area contributed by atoms with Crippen molar-refractivity contribution in [3.8, 4) is 11.5 Å². The van der Waals surface area contributed by atoms with Gasteiger partial charge in [-0.15, -0.1) is 0 Å². The van der Waals surface area contributed by atoms with E-state index in [9.17, 15) is 4.79 Å². The molecule has 0 bridgehead atoms. The van der Waals surface area contributed by atoms with Crippen LogP contribution in [0.4, 0.5) is 0 Å². The average molecular weight is 338 g/mol. The van der Waals surface area contributed by atoms with E-state index in [2.05, 4.69) is 25.1 Å². The van der Waals surface area contributed by atoms with Gasteiger partial charge in [-0.1, -0.05) is 13.0 Å². The molecule has 0 N–H and O–H groups in total. The molecule has 2 aliphatic carbocycles. The van der Waals surface area contributed by atoms with Gasteiger partial charge in [0.1, 0.15) is 17.3 Å². The van der Waals surface area contributed by atoms with Gasteiger partial charge in [0.25, 0.3) is 0 Å². The zero-order valence-corrected chi connectivity index (χ0v) is 15.5. The van der Waals surface area contributed by atoms with Crippen molar-refractivity contribution in [1.29, 1.82) is 0 Å². The van der Waals surface area contributed by atoms with Crippen LogP contribution >= 0.6 is 0 Å². The summed E-state index contributed by atoms with van der Waals surface area (Å²) < 4.78 is 11.1. The maximum atomic E-state index is 12.2. The van der Waals surface area contributed by atoms with Crippen LogP contribution in [0.25, 0.3) is 10.8 Å². The summed E-state index contributed by atoms with van der Waals surface area (Å²) in [6.45, 7) is 4.09. The second-order valence-corrected chi connectivity index (χ2v) is 7.86. The summed E-state index contributed by atoms with van der Waals surface area (Å²) in [5.41, 5.74) is 2.92. The Kier molecular flexibility index (Phi) is 3.78. The highest BCUT2D eigenvalue weighted by Gasteiger charge is 2.51. The van der Waals surface area contributed by atoms with Crippen molar-refractivity contribution in [2.75, 3.05) is 14.2 Å². The minimum absolute atomic E-state index is 0.0873. The Bertz CT molecular complexity index is 854. The number of fused-ring (bicyclic) bond motifs is 5. The number of hydrogen-bond acceptors (Lipinski definition) is 3. The minimum atomic E-state index is 0.0873. The molecule has 25 heavy (non-hydrogen) atoms. The van der Waals surface area contributed by atoms with Crippen molar-refractivity contribution >= 4 is 16.6 Å². The number of ether oxygens (including phenoxy) is 2. The average Bonchev–Trinajstić information content (AvgIpc) is 2.97. The van der Waals surface area contributed by atoms with Gasteiger partial charge in [0.15, 0.2) is 0 Å². The third kappa shape index (κ3) is 2.28. The second kappa shape index (κ2) is 5.76. The molecule has 1 fully saturated rings. The molecule has 132 valence electrons. The van der Waals surface area contributed by atoms with Crippen molar-refractivity contribution in [1.82, 2.24) is 0 Å². The van der Waals surface area contributed by atoms with E-state index in [1.54, 1.807) is 21.1 Å². The Morgan fingerprint density at radius 2 is 1.92 bits per heavy atom. The summed E-state index contributed by atoms with van der Waals surface area (Å²) in [5.74, 6) is 2.76. The van der Waals surface area contributed by atoms with Crippen LogP contribution in [0, 0.1) is 11.3 Å². The molecule has 2 aromatic carbocycles. The van der Waals surface area contributed by atoms with Crippen LogP contribution in [0.2, 0.25) is 0 Å². The van der Waals surface area contributed by atoms with E-state index in [0.717, 1.165) is 42.6 Å². The van der Waals surface area contributed by atoms with E-state index < -0.39 is 0 Å². The van der Waals surface area contributed by atoms with Gasteiger partial charge in [-0.25, -0.2) is 0 Å². The van der Waals surface area contributed by atoms with Gasteiger partial charge < -0.3 is 9.47 Å². The highest BCUT2D eigenvalue weighted by molar-refractivity contribution is 5.94. The molecule has 3 heteroatoms. The molecule has 0 aliphatic heterocycles. The third-order valence-corrected chi connectivity index (χ3v) is 6.79. The largest absolute Gasteiger partial charge is 0.497 e. The lowest BCUT2D eigenvalue weighted by molar-refractivity contribution is -0.124. The van der Waals surface area contributed by atoms with Crippen LogP contribution < -0.4 is 9.47 Å². The molecule has 0 radical (unpaired) electrons. The molecule has 2 aliphatic rings. The Hall–Kier alpha value is -2.03. The van der Waals surface area contributed by atoms with Gasteiger partial charge in [-0.05, 0) is 78.7 Å². The first kappa shape index (κ1) is 16.4. The molecule has 0 spiro atoms. The molecule has 3 atom stereocenters. The molecule has 0 aromatic heterocycles. The number of benzene rings is 2. The van der Waals surface area contributed by atoms with Gasteiger partial charge in [0.2, 0.25) is 0 Å². The van der Waals surface area contributed by atoms with Gasteiger partial charge >= 0.3 is 0 Å². The maximum Gasteiger partial charge on any atom is 0.133 e. The Balaban J connectivity index is 1.92. The van der Waals surface area contributed by atoms with Gasteiger partial charge in [-0.3, -0.25) is 4.79 Å². The summed E-state index contributed by atoms with van der Waals surface area (Å²) in [4.78, 5) is 12.2. The fraction of sp³-hybridized carbons (Fsp3) is 0.500. The lowest BCUT2D eigenvalue weighted by atomic mass is 9.62. The number of methoxy groups -OCH3 is 2. The van der Waals surface area contributed by atoms with E-state index in [1.807, 2.05) is 6.07 Å². The van der Waals surface area contributed by atoms with Gasteiger partial charge in [0.05, 0.1) is 14.2 Å². The molecule has 0 unspecified atom stereocenters. The van der Waals surface area contributed by atoms with E-state index in [1.165, 1.54) is 16.5 Å². The van der Waals surface area contributed by atoms with Crippen molar-refractivity contribution in [3.05, 3.63) is 35.4 Å². The first-order valence-corrected chi connectivity index (χ1v) is 9.17. The van der Waals surface area contributed by atoms with Crippen LogP contribution in [0.5, 0.6) is 11.5 Å². The van der Waals surface area contributed by atoms with Crippen molar-refractivity contribution < 1.29 is 14.3 Å². The molecular weight excluding hydrogens is 312 g/mol. The Morgan fingerprint density at radius 3 is 2.60 bits per heavy atom. The zero-order valence-electron chi connectivity index (χ0n) is 15.5. The number of carbonyl (C=O) groups is 1. The fourth-order valence-corrected chi connectivity index (χ4v) is 5.49. The molecule has 1 saturated carbocycles. The summed E-state index contributed by atoms with van der Waals surface area (Å²) in [7, 11) is 3.42. The lowest BCUT2D eigenvalue weighted by Crippen LogP contribution is -2.35. The lowest BCUT2D eigenvalue weighted by Gasteiger charge is -2.41. The van der Waals surface area contributed by atoms with Crippen molar-refractivity contribution in [2.24, 2.45) is 11.3 Å². The molecule has 0 amide bonds. The Morgan fingerprint density at radius 1 is 1.12 bits per heavy atom. The Labute approximate surface area is 149 Å². The van der Waals surface area contributed by atoms with E-state index >= 15 is 0 Å². The maximum absolute atomic E-state index is 12.2.